The molecular weight excluding hydrogens is 158 g/mol. The molecule has 2 bridgehead atoms. The average Bonchev–Trinajstić information content (AvgIpc) is 2.42. The molecule has 0 aromatic heterocycles. The summed E-state index contributed by atoms with van der Waals surface area (Å²) < 4.78 is 25.4. The van der Waals surface area contributed by atoms with Crippen LogP contribution in [0.15, 0.2) is 0 Å². The van der Waals surface area contributed by atoms with E-state index in [2.05, 4.69) is 0 Å². The molecule has 0 heterocycles. The summed E-state index contributed by atoms with van der Waals surface area (Å²) in [6, 6.07) is 0. The zero-order chi connectivity index (χ0) is 8.77. The van der Waals surface area contributed by atoms with E-state index >= 15 is 0 Å². The van der Waals surface area contributed by atoms with Crippen molar-refractivity contribution in [1.29, 1.82) is 0 Å². The monoisotopic (exact) mass is 174 g/mol. The van der Waals surface area contributed by atoms with Gasteiger partial charge in [-0.25, -0.2) is 8.78 Å². The highest BCUT2D eigenvalue weighted by molar-refractivity contribution is 4.91. The molecule has 0 saturated heterocycles. The second-order valence-electron chi connectivity index (χ2n) is 4.71. The minimum Gasteiger partial charge on any atom is -0.207 e. The molecule has 0 aromatic carbocycles. The van der Waals surface area contributed by atoms with Crippen LogP contribution in [0.5, 0.6) is 0 Å². The van der Waals surface area contributed by atoms with E-state index in [-0.39, 0.29) is 6.42 Å². The van der Waals surface area contributed by atoms with E-state index in [1.165, 1.54) is 19.3 Å². The van der Waals surface area contributed by atoms with Crippen molar-refractivity contribution in [3.8, 4) is 0 Å². The van der Waals surface area contributed by atoms with E-state index in [0.29, 0.717) is 11.8 Å². The molecule has 2 aliphatic rings. The fourth-order valence-electron chi connectivity index (χ4n) is 3.09. The molecule has 2 heteroatoms. The number of hydrogen-bond donors (Lipinski definition) is 0. The van der Waals surface area contributed by atoms with Crippen LogP contribution in [0.1, 0.15) is 39.0 Å². The maximum atomic E-state index is 12.7. The molecule has 0 N–H and O–H groups in total. The standard InChI is InChI=1S/C10H16F2/c1-10(11,12)6-9-5-7-2-3-8(9)4-7/h7-9H,2-6H2,1H3. The Hall–Kier alpha value is -0.140. The highest BCUT2D eigenvalue weighted by atomic mass is 19.3. The fourth-order valence-corrected chi connectivity index (χ4v) is 3.09. The summed E-state index contributed by atoms with van der Waals surface area (Å²) in [7, 11) is 0. The molecule has 2 fully saturated rings. The van der Waals surface area contributed by atoms with Crippen LogP contribution < -0.4 is 0 Å². The van der Waals surface area contributed by atoms with E-state index in [4.69, 9.17) is 0 Å². The molecule has 3 atom stereocenters. The summed E-state index contributed by atoms with van der Waals surface area (Å²) in [5, 5.41) is 0. The molecule has 0 amide bonds. The van der Waals surface area contributed by atoms with Crippen LogP contribution in [-0.2, 0) is 0 Å². The van der Waals surface area contributed by atoms with Crippen LogP contribution in [-0.4, -0.2) is 5.92 Å². The van der Waals surface area contributed by atoms with Crippen LogP contribution in [0, 0.1) is 17.8 Å². The minimum absolute atomic E-state index is 0.133. The molecule has 0 aromatic rings. The summed E-state index contributed by atoms with van der Waals surface area (Å²) in [4.78, 5) is 0. The van der Waals surface area contributed by atoms with Crippen molar-refractivity contribution in [3.63, 3.8) is 0 Å². The molecule has 0 aliphatic heterocycles. The zero-order valence-corrected chi connectivity index (χ0v) is 7.52. The van der Waals surface area contributed by atoms with Gasteiger partial charge in [0.1, 0.15) is 0 Å². The Morgan fingerprint density at radius 2 is 2.00 bits per heavy atom. The SMILES string of the molecule is CC(F)(F)CC1CC2CCC1C2. The van der Waals surface area contributed by atoms with E-state index in [9.17, 15) is 8.78 Å². The number of halogens is 2. The molecule has 3 unspecified atom stereocenters. The summed E-state index contributed by atoms with van der Waals surface area (Å²) in [6.45, 7) is 1.05. The van der Waals surface area contributed by atoms with Gasteiger partial charge in [-0.2, -0.15) is 0 Å². The fraction of sp³-hybridized carbons (Fsp3) is 1.00. The first kappa shape index (κ1) is 8.46. The lowest BCUT2D eigenvalue weighted by atomic mass is 9.85. The lowest BCUT2D eigenvalue weighted by Crippen LogP contribution is -2.20. The van der Waals surface area contributed by atoms with Gasteiger partial charge in [0, 0.05) is 6.42 Å². The Bertz CT molecular complexity index is 171. The van der Waals surface area contributed by atoms with Gasteiger partial charge in [-0.1, -0.05) is 6.42 Å². The lowest BCUT2D eigenvalue weighted by Gasteiger charge is -2.24. The Morgan fingerprint density at radius 3 is 2.42 bits per heavy atom. The highest BCUT2D eigenvalue weighted by Crippen LogP contribution is 2.51. The van der Waals surface area contributed by atoms with Crippen molar-refractivity contribution in [2.75, 3.05) is 0 Å². The molecule has 2 rings (SSSR count). The molecule has 2 aliphatic carbocycles. The van der Waals surface area contributed by atoms with Crippen molar-refractivity contribution in [3.05, 3.63) is 0 Å². The number of fused-ring (bicyclic) bond motifs is 2. The Labute approximate surface area is 72.3 Å². The van der Waals surface area contributed by atoms with Crippen LogP contribution in [0.2, 0.25) is 0 Å². The van der Waals surface area contributed by atoms with E-state index in [1.807, 2.05) is 0 Å². The normalized spacial score (nSPS) is 40.8. The summed E-state index contributed by atoms with van der Waals surface area (Å²) in [5.41, 5.74) is 0. The Morgan fingerprint density at radius 1 is 1.25 bits per heavy atom. The maximum Gasteiger partial charge on any atom is 0.245 e. The maximum absolute atomic E-state index is 12.7. The van der Waals surface area contributed by atoms with E-state index < -0.39 is 5.92 Å². The van der Waals surface area contributed by atoms with Gasteiger partial charge in [-0.15, -0.1) is 0 Å². The quantitative estimate of drug-likeness (QED) is 0.601. The largest absolute Gasteiger partial charge is 0.245 e. The second kappa shape index (κ2) is 2.68. The predicted octanol–water partition coefficient (Wildman–Crippen LogP) is 3.47. The number of rotatable bonds is 2. The topological polar surface area (TPSA) is 0 Å². The summed E-state index contributed by atoms with van der Waals surface area (Å²) in [6.07, 6.45) is 4.96. The van der Waals surface area contributed by atoms with Gasteiger partial charge in [-0.3, -0.25) is 0 Å². The van der Waals surface area contributed by atoms with Crippen LogP contribution in [0.4, 0.5) is 8.78 Å². The minimum atomic E-state index is -2.44. The third kappa shape index (κ3) is 1.62. The first-order valence-electron chi connectivity index (χ1n) is 4.92. The van der Waals surface area contributed by atoms with Gasteiger partial charge in [-0.05, 0) is 43.9 Å². The van der Waals surface area contributed by atoms with Gasteiger partial charge in [0.15, 0.2) is 0 Å². The molecule has 12 heavy (non-hydrogen) atoms. The smallest absolute Gasteiger partial charge is 0.207 e. The summed E-state index contributed by atoms with van der Waals surface area (Å²) >= 11 is 0. The first-order valence-corrected chi connectivity index (χ1v) is 4.92. The molecular formula is C10H16F2. The third-order valence-corrected chi connectivity index (χ3v) is 3.51. The van der Waals surface area contributed by atoms with Gasteiger partial charge < -0.3 is 0 Å². The Balaban J connectivity index is 1.91. The van der Waals surface area contributed by atoms with Gasteiger partial charge in [0.05, 0.1) is 0 Å². The third-order valence-electron chi connectivity index (χ3n) is 3.51. The second-order valence-corrected chi connectivity index (χ2v) is 4.71. The predicted molar refractivity (Wildman–Crippen MR) is 44.2 cm³/mol. The lowest BCUT2D eigenvalue weighted by molar-refractivity contribution is -0.0114. The van der Waals surface area contributed by atoms with Crippen molar-refractivity contribution in [2.45, 2.75) is 45.0 Å². The van der Waals surface area contributed by atoms with Crippen LogP contribution >= 0.6 is 0 Å². The summed E-state index contributed by atoms with van der Waals surface area (Å²) in [5.74, 6) is -0.665. The van der Waals surface area contributed by atoms with Crippen molar-refractivity contribution < 1.29 is 8.78 Å². The van der Waals surface area contributed by atoms with E-state index in [1.54, 1.807) is 0 Å². The molecule has 0 radical (unpaired) electrons. The van der Waals surface area contributed by atoms with Crippen LogP contribution in [0.25, 0.3) is 0 Å². The Kier molecular flexibility index (Phi) is 1.89. The van der Waals surface area contributed by atoms with Crippen LogP contribution in [0.3, 0.4) is 0 Å². The molecule has 70 valence electrons. The van der Waals surface area contributed by atoms with Gasteiger partial charge in [0.2, 0.25) is 5.92 Å². The molecule has 2 saturated carbocycles. The van der Waals surface area contributed by atoms with Gasteiger partial charge >= 0.3 is 0 Å². The van der Waals surface area contributed by atoms with Crippen molar-refractivity contribution >= 4 is 0 Å². The number of hydrogen-bond acceptors (Lipinski definition) is 0. The van der Waals surface area contributed by atoms with Crippen molar-refractivity contribution in [1.82, 2.24) is 0 Å². The van der Waals surface area contributed by atoms with E-state index in [0.717, 1.165) is 19.3 Å². The average molecular weight is 174 g/mol. The molecule has 0 spiro atoms. The van der Waals surface area contributed by atoms with Crippen molar-refractivity contribution in [2.24, 2.45) is 17.8 Å². The molecule has 0 nitrogen and oxygen atoms in total. The zero-order valence-electron chi connectivity index (χ0n) is 7.52. The van der Waals surface area contributed by atoms with Gasteiger partial charge in [0.25, 0.3) is 0 Å². The first-order chi connectivity index (χ1) is 5.54. The highest BCUT2D eigenvalue weighted by Gasteiger charge is 2.42. The number of alkyl halides is 2.